The molecular formula is C27H33N3O3. The first-order valence-corrected chi connectivity index (χ1v) is 11.5. The van der Waals surface area contributed by atoms with Crippen molar-refractivity contribution in [2.75, 3.05) is 20.1 Å². The zero-order chi connectivity index (χ0) is 23.0. The number of likely N-dealkylation sites (N-methyl/N-ethyl adjacent to an activating group) is 1. The van der Waals surface area contributed by atoms with E-state index < -0.39 is 6.29 Å². The van der Waals surface area contributed by atoms with Crippen LogP contribution in [0.2, 0.25) is 0 Å². The number of nitrogens with zero attached hydrogens (tertiary/aromatic N) is 2. The number of hydrogen-bond donors (Lipinski definition) is 2. The summed E-state index contributed by atoms with van der Waals surface area (Å²) in [6, 6.07) is 22.1. The Morgan fingerprint density at radius 3 is 2.36 bits per heavy atom. The fourth-order valence-corrected chi connectivity index (χ4v) is 4.13. The first-order valence-electron chi connectivity index (χ1n) is 11.5. The molecule has 1 aliphatic rings. The molecule has 3 N–H and O–H groups in total. The Morgan fingerprint density at radius 1 is 0.970 bits per heavy atom. The molecule has 6 heteroatoms. The van der Waals surface area contributed by atoms with Gasteiger partial charge in [-0.15, -0.1) is 0 Å². The minimum absolute atomic E-state index is 0.0224. The standard InChI is InChI=1S/C27H33N3O3/c1-30(15-13-24-4-2-3-14-29-24)18-25-16-26(22-9-7-21(19-31)8-10-22)33-27(32-25)23-11-5-20(17-28)6-12-23/h2-12,14,25-27,31H,13,15-19,28H2,1H3/t25-,26+,27?/m0/s1. The van der Waals surface area contributed by atoms with Gasteiger partial charge >= 0.3 is 0 Å². The molecule has 33 heavy (non-hydrogen) atoms. The summed E-state index contributed by atoms with van der Waals surface area (Å²) in [7, 11) is 2.12. The summed E-state index contributed by atoms with van der Waals surface area (Å²) in [4.78, 5) is 6.72. The molecule has 0 aliphatic carbocycles. The highest BCUT2D eigenvalue weighted by Gasteiger charge is 2.32. The average Bonchev–Trinajstić information content (AvgIpc) is 2.88. The lowest BCUT2D eigenvalue weighted by Gasteiger charge is -2.38. The van der Waals surface area contributed by atoms with Gasteiger partial charge in [-0.25, -0.2) is 0 Å². The van der Waals surface area contributed by atoms with Gasteiger partial charge in [-0.2, -0.15) is 0 Å². The van der Waals surface area contributed by atoms with Gasteiger partial charge in [0.25, 0.3) is 0 Å². The van der Waals surface area contributed by atoms with Gasteiger partial charge < -0.3 is 25.2 Å². The third kappa shape index (κ3) is 6.47. The van der Waals surface area contributed by atoms with E-state index in [9.17, 15) is 5.11 Å². The largest absolute Gasteiger partial charge is 0.392 e. The molecule has 1 fully saturated rings. The number of aromatic nitrogens is 1. The molecule has 0 saturated carbocycles. The maximum absolute atomic E-state index is 9.38. The molecule has 1 aliphatic heterocycles. The van der Waals surface area contributed by atoms with Crippen molar-refractivity contribution >= 4 is 0 Å². The number of ether oxygens (including phenoxy) is 2. The third-order valence-corrected chi connectivity index (χ3v) is 6.09. The topological polar surface area (TPSA) is 80.8 Å². The van der Waals surface area contributed by atoms with E-state index in [0.717, 1.165) is 53.9 Å². The van der Waals surface area contributed by atoms with Crippen LogP contribution in [0.15, 0.2) is 72.9 Å². The first kappa shape index (κ1) is 23.5. The predicted molar refractivity (Wildman–Crippen MR) is 128 cm³/mol. The molecule has 1 saturated heterocycles. The maximum Gasteiger partial charge on any atom is 0.184 e. The monoisotopic (exact) mass is 447 g/mol. The first-order chi connectivity index (χ1) is 16.1. The molecule has 0 amide bonds. The highest BCUT2D eigenvalue weighted by atomic mass is 16.7. The Bertz CT molecular complexity index is 924. The van der Waals surface area contributed by atoms with Gasteiger partial charge in [0.2, 0.25) is 0 Å². The number of hydrogen-bond acceptors (Lipinski definition) is 6. The van der Waals surface area contributed by atoms with E-state index in [1.165, 1.54) is 0 Å². The summed E-state index contributed by atoms with van der Waals surface area (Å²) in [6.07, 6.45) is 3.00. The zero-order valence-corrected chi connectivity index (χ0v) is 19.1. The second-order valence-electron chi connectivity index (χ2n) is 8.63. The van der Waals surface area contributed by atoms with Crippen molar-refractivity contribution < 1.29 is 14.6 Å². The number of rotatable bonds is 9. The van der Waals surface area contributed by atoms with Crippen LogP contribution in [-0.4, -0.2) is 41.2 Å². The van der Waals surface area contributed by atoms with Gasteiger partial charge in [-0.05, 0) is 35.9 Å². The second-order valence-corrected chi connectivity index (χ2v) is 8.63. The van der Waals surface area contributed by atoms with Crippen molar-refractivity contribution in [2.24, 2.45) is 5.73 Å². The molecule has 4 rings (SSSR count). The minimum Gasteiger partial charge on any atom is -0.392 e. The normalized spacial score (nSPS) is 20.8. The van der Waals surface area contributed by atoms with Crippen LogP contribution in [0.25, 0.3) is 0 Å². The van der Waals surface area contributed by atoms with Gasteiger partial charge in [0, 0.05) is 49.9 Å². The molecule has 3 atom stereocenters. The summed E-state index contributed by atoms with van der Waals surface area (Å²) in [5.74, 6) is 0. The summed E-state index contributed by atoms with van der Waals surface area (Å²) in [6.45, 7) is 2.26. The van der Waals surface area contributed by atoms with Crippen LogP contribution in [0, 0.1) is 0 Å². The summed E-state index contributed by atoms with van der Waals surface area (Å²) in [5, 5.41) is 9.38. The molecule has 174 valence electrons. The van der Waals surface area contributed by atoms with Crippen molar-refractivity contribution in [2.45, 2.75) is 44.5 Å². The van der Waals surface area contributed by atoms with Gasteiger partial charge in [0.1, 0.15) is 0 Å². The molecule has 3 aromatic rings. The Morgan fingerprint density at radius 2 is 1.70 bits per heavy atom. The Balaban J connectivity index is 1.46. The lowest BCUT2D eigenvalue weighted by molar-refractivity contribution is -0.252. The van der Waals surface area contributed by atoms with Gasteiger partial charge in [-0.3, -0.25) is 4.98 Å². The minimum atomic E-state index is -0.442. The van der Waals surface area contributed by atoms with Crippen LogP contribution in [0.1, 0.15) is 46.8 Å². The average molecular weight is 448 g/mol. The number of benzene rings is 2. The summed E-state index contributed by atoms with van der Waals surface area (Å²) < 4.78 is 12.8. The van der Waals surface area contributed by atoms with E-state index in [0.29, 0.717) is 6.54 Å². The van der Waals surface area contributed by atoms with Crippen LogP contribution < -0.4 is 5.73 Å². The van der Waals surface area contributed by atoms with Crippen LogP contribution in [0.4, 0.5) is 0 Å². The number of aliphatic hydroxyl groups excluding tert-OH is 1. The highest BCUT2D eigenvalue weighted by molar-refractivity contribution is 5.26. The summed E-state index contributed by atoms with van der Waals surface area (Å²) >= 11 is 0. The Labute approximate surface area is 196 Å². The van der Waals surface area contributed by atoms with E-state index in [4.69, 9.17) is 15.2 Å². The van der Waals surface area contributed by atoms with Gasteiger partial charge in [-0.1, -0.05) is 54.6 Å². The lowest BCUT2D eigenvalue weighted by Crippen LogP contribution is -2.38. The molecule has 0 bridgehead atoms. The second kappa shape index (κ2) is 11.5. The zero-order valence-electron chi connectivity index (χ0n) is 19.1. The molecule has 2 aromatic carbocycles. The van der Waals surface area contributed by atoms with Gasteiger partial charge in [0.05, 0.1) is 18.8 Å². The van der Waals surface area contributed by atoms with Crippen LogP contribution in [-0.2, 0) is 29.0 Å². The number of pyridine rings is 1. The van der Waals surface area contributed by atoms with E-state index in [2.05, 4.69) is 23.0 Å². The fourth-order valence-electron chi connectivity index (χ4n) is 4.13. The molecule has 0 radical (unpaired) electrons. The van der Waals surface area contributed by atoms with Crippen LogP contribution >= 0.6 is 0 Å². The van der Waals surface area contributed by atoms with E-state index >= 15 is 0 Å². The predicted octanol–water partition coefficient (Wildman–Crippen LogP) is 3.75. The molecule has 2 heterocycles. The van der Waals surface area contributed by atoms with Crippen molar-refractivity contribution in [1.82, 2.24) is 9.88 Å². The quantitative estimate of drug-likeness (QED) is 0.520. The molecule has 1 unspecified atom stereocenters. The smallest absolute Gasteiger partial charge is 0.184 e. The maximum atomic E-state index is 9.38. The van der Waals surface area contributed by atoms with Crippen molar-refractivity contribution in [3.05, 3.63) is 101 Å². The van der Waals surface area contributed by atoms with E-state index in [1.807, 2.05) is 66.9 Å². The Hall–Kier alpha value is -2.61. The van der Waals surface area contributed by atoms with Crippen LogP contribution in [0.3, 0.4) is 0 Å². The summed E-state index contributed by atoms with van der Waals surface area (Å²) in [5.41, 5.74) is 10.9. The SMILES string of the molecule is CN(CCc1ccccn1)C[C@@H]1C[C@H](c2ccc(CO)cc2)OC(c2ccc(CN)cc2)O1. The lowest BCUT2D eigenvalue weighted by atomic mass is 9.99. The molecule has 1 aromatic heterocycles. The number of aliphatic hydroxyl groups is 1. The molecule has 0 spiro atoms. The Kier molecular flexibility index (Phi) is 8.20. The molecule has 6 nitrogen and oxygen atoms in total. The third-order valence-electron chi connectivity index (χ3n) is 6.09. The van der Waals surface area contributed by atoms with E-state index in [1.54, 1.807) is 0 Å². The molecular weight excluding hydrogens is 414 g/mol. The van der Waals surface area contributed by atoms with Crippen LogP contribution in [0.5, 0.6) is 0 Å². The van der Waals surface area contributed by atoms with Gasteiger partial charge in [0.15, 0.2) is 6.29 Å². The fraction of sp³-hybridized carbons (Fsp3) is 0.370. The van der Waals surface area contributed by atoms with Crippen molar-refractivity contribution in [3.63, 3.8) is 0 Å². The number of nitrogens with two attached hydrogens (primary N) is 1. The highest BCUT2D eigenvalue weighted by Crippen LogP contribution is 2.38. The van der Waals surface area contributed by atoms with Crippen molar-refractivity contribution in [3.8, 4) is 0 Å². The van der Waals surface area contributed by atoms with E-state index in [-0.39, 0.29) is 18.8 Å². The van der Waals surface area contributed by atoms with Crippen molar-refractivity contribution in [1.29, 1.82) is 0 Å².